The lowest BCUT2D eigenvalue weighted by Crippen LogP contribution is -1.98. The van der Waals surface area contributed by atoms with E-state index < -0.39 is 0 Å². The largest absolute Gasteiger partial charge is 0.494 e. The average molecular weight is 326 g/mol. The molecule has 4 heteroatoms. The summed E-state index contributed by atoms with van der Waals surface area (Å²) in [6.07, 6.45) is 0. The molecule has 2 rings (SSSR count). The zero-order valence-corrected chi connectivity index (χ0v) is 12.9. The van der Waals surface area contributed by atoms with Gasteiger partial charge in [0.2, 0.25) is 0 Å². The topological polar surface area (TPSA) is 21.3 Å². The van der Waals surface area contributed by atoms with Crippen LogP contribution in [-0.2, 0) is 6.54 Å². The van der Waals surface area contributed by atoms with Crippen molar-refractivity contribution in [3.8, 4) is 5.75 Å². The van der Waals surface area contributed by atoms with Crippen LogP contribution < -0.4 is 10.1 Å². The summed E-state index contributed by atoms with van der Waals surface area (Å²) < 4.78 is 6.66. The van der Waals surface area contributed by atoms with E-state index >= 15 is 0 Å². The zero-order valence-electron chi connectivity index (χ0n) is 10.5. The molecule has 0 saturated carbocycles. The molecule has 1 aromatic heterocycles. The Balaban J connectivity index is 1.99. The van der Waals surface area contributed by atoms with Crippen LogP contribution in [0.1, 0.15) is 16.7 Å². The number of ether oxygens (including phenoxy) is 1. The van der Waals surface area contributed by atoms with E-state index in [1.807, 2.05) is 36.5 Å². The van der Waals surface area contributed by atoms with Crippen molar-refractivity contribution < 1.29 is 4.74 Å². The molecule has 2 aromatic rings. The van der Waals surface area contributed by atoms with Gasteiger partial charge in [-0.25, -0.2) is 0 Å². The van der Waals surface area contributed by atoms with Gasteiger partial charge in [0, 0.05) is 32.5 Å². The second-order valence-corrected chi connectivity index (χ2v) is 6.13. The van der Waals surface area contributed by atoms with E-state index in [1.54, 1.807) is 0 Å². The third-order valence-electron chi connectivity index (χ3n) is 2.52. The van der Waals surface area contributed by atoms with Crippen LogP contribution in [0.4, 0.5) is 5.69 Å². The van der Waals surface area contributed by atoms with Gasteiger partial charge in [0.15, 0.2) is 0 Å². The predicted octanol–water partition coefficient (Wildman–Crippen LogP) is 4.83. The number of thiophene rings is 1. The lowest BCUT2D eigenvalue weighted by molar-refractivity contribution is 0.340. The van der Waals surface area contributed by atoms with Crippen LogP contribution in [0, 0.1) is 6.92 Å². The zero-order chi connectivity index (χ0) is 13.0. The minimum absolute atomic E-state index is 0.695. The number of anilines is 1. The van der Waals surface area contributed by atoms with Crippen molar-refractivity contribution in [1.82, 2.24) is 0 Å². The molecule has 1 aromatic carbocycles. The van der Waals surface area contributed by atoms with E-state index in [4.69, 9.17) is 4.74 Å². The molecule has 2 nitrogen and oxygen atoms in total. The number of rotatable bonds is 5. The van der Waals surface area contributed by atoms with Crippen LogP contribution in [0.25, 0.3) is 0 Å². The number of benzene rings is 1. The van der Waals surface area contributed by atoms with E-state index in [1.165, 1.54) is 14.2 Å². The monoisotopic (exact) mass is 325 g/mol. The van der Waals surface area contributed by atoms with Gasteiger partial charge in [-0.3, -0.25) is 0 Å². The molecule has 96 valence electrons. The minimum atomic E-state index is 0.695. The van der Waals surface area contributed by atoms with Gasteiger partial charge in [0.25, 0.3) is 0 Å². The Morgan fingerprint density at radius 1 is 1.33 bits per heavy atom. The molecule has 1 N–H and O–H groups in total. The summed E-state index contributed by atoms with van der Waals surface area (Å²) in [5, 5.41) is 3.41. The highest BCUT2D eigenvalue weighted by Crippen LogP contribution is 2.27. The van der Waals surface area contributed by atoms with Crippen LogP contribution in [0.2, 0.25) is 0 Å². The lowest BCUT2D eigenvalue weighted by atomic mass is 10.3. The Hall–Kier alpha value is -1.000. The maximum absolute atomic E-state index is 5.48. The highest BCUT2D eigenvalue weighted by molar-refractivity contribution is 9.10. The minimum Gasteiger partial charge on any atom is -0.494 e. The summed E-state index contributed by atoms with van der Waals surface area (Å²) in [6, 6.07) is 10.2. The van der Waals surface area contributed by atoms with Crippen molar-refractivity contribution in [2.75, 3.05) is 11.9 Å². The van der Waals surface area contributed by atoms with Gasteiger partial charge in [-0.05, 0) is 48.0 Å². The van der Waals surface area contributed by atoms with Gasteiger partial charge in [0.1, 0.15) is 5.75 Å². The second-order valence-electron chi connectivity index (χ2n) is 3.93. The molecule has 0 aliphatic rings. The molecule has 0 bridgehead atoms. The maximum Gasteiger partial charge on any atom is 0.121 e. The first-order valence-corrected chi connectivity index (χ1v) is 7.51. The molecular weight excluding hydrogens is 310 g/mol. The first-order valence-electron chi connectivity index (χ1n) is 5.90. The van der Waals surface area contributed by atoms with Gasteiger partial charge in [-0.1, -0.05) is 6.07 Å². The molecule has 0 spiro atoms. The maximum atomic E-state index is 5.48. The Morgan fingerprint density at radius 2 is 2.17 bits per heavy atom. The summed E-state index contributed by atoms with van der Waals surface area (Å²) in [6.45, 7) is 5.65. The molecule has 1 heterocycles. The second kappa shape index (κ2) is 6.25. The highest BCUT2D eigenvalue weighted by atomic mass is 79.9. The van der Waals surface area contributed by atoms with Crippen LogP contribution in [0.15, 0.2) is 34.8 Å². The molecular formula is C14H16BrNOS. The molecule has 0 radical (unpaired) electrons. The van der Waals surface area contributed by atoms with Crippen molar-refractivity contribution in [2.24, 2.45) is 0 Å². The van der Waals surface area contributed by atoms with Crippen molar-refractivity contribution in [3.05, 3.63) is 44.6 Å². The fourth-order valence-corrected chi connectivity index (χ4v) is 3.20. The van der Waals surface area contributed by atoms with Crippen LogP contribution in [0.3, 0.4) is 0 Å². The Kier molecular flexibility index (Phi) is 4.66. The standard InChI is InChI=1S/C14H16BrNOS/c1-3-17-12-6-4-5-11(7-12)16-9-13-8-14(15)10(2)18-13/h4-8,16H,3,9H2,1-2H3. The Morgan fingerprint density at radius 3 is 2.83 bits per heavy atom. The number of aryl methyl sites for hydroxylation is 1. The van der Waals surface area contributed by atoms with Gasteiger partial charge in [-0.15, -0.1) is 11.3 Å². The SMILES string of the molecule is CCOc1cccc(NCc2cc(Br)c(C)s2)c1. The summed E-state index contributed by atoms with van der Waals surface area (Å²) >= 11 is 5.34. The van der Waals surface area contributed by atoms with E-state index in [2.05, 4.69) is 40.3 Å². The molecule has 0 amide bonds. The number of halogens is 1. The summed E-state index contributed by atoms with van der Waals surface area (Å²) in [4.78, 5) is 2.64. The third-order valence-corrected chi connectivity index (χ3v) is 4.66. The Labute approximate surface area is 120 Å². The highest BCUT2D eigenvalue weighted by Gasteiger charge is 2.03. The quantitative estimate of drug-likeness (QED) is 0.850. The van der Waals surface area contributed by atoms with Gasteiger partial charge >= 0.3 is 0 Å². The number of hydrogen-bond donors (Lipinski definition) is 1. The van der Waals surface area contributed by atoms with Gasteiger partial charge in [-0.2, -0.15) is 0 Å². The lowest BCUT2D eigenvalue weighted by Gasteiger charge is -2.07. The van der Waals surface area contributed by atoms with Crippen LogP contribution in [-0.4, -0.2) is 6.61 Å². The van der Waals surface area contributed by atoms with Crippen molar-refractivity contribution in [3.63, 3.8) is 0 Å². The first-order chi connectivity index (χ1) is 8.69. The molecule has 0 unspecified atom stereocenters. The molecule has 0 aliphatic heterocycles. The normalized spacial score (nSPS) is 10.4. The van der Waals surface area contributed by atoms with Crippen molar-refractivity contribution in [2.45, 2.75) is 20.4 Å². The predicted molar refractivity (Wildman–Crippen MR) is 81.7 cm³/mol. The molecule has 0 fully saturated rings. The van der Waals surface area contributed by atoms with Crippen molar-refractivity contribution in [1.29, 1.82) is 0 Å². The van der Waals surface area contributed by atoms with E-state index in [0.717, 1.165) is 18.0 Å². The number of hydrogen-bond acceptors (Lipinski definition) is 3. The third kappa shape index (κ3) is 3.50. The van der Waals surface area contributed by atoms with Gasteiger partial charge in [0.05, 0.1) is 6.61 Å². The van der Waals surface area contributed by atoms with Gasteiger partial charge < -0.3 is 10.1 Å². The summed E-state index contributed by atoms with van der Waals surface area (Å²) in [7, 11) is 0. The first kappa shape index (κ1) is 13.4. The fraction of sp³-hybridized carbons (Fsp3) is 0.286. The average Bonchev–Trinajstić information content (AvgIpc) is 2.67. The molecule has 0 aliphatic carbocycles. The van der Waals surface area contributed by atoms with Crippen LogP contribution in [0.5, 0.6) is 5.75 Å². The smallest absolute Gasteiger partial charge is 0.121 e. The van der Waals surface area contributed by atoms with E-state index in [0.29, 0.717) is 6.61 Å². The van der Waals surface area contributed by atoms with E-state index in [9.17, 15) is 0 Å². The molecule has 0 atom stereocenters. The number of nitrogens with one attached hydrogen (secondary N) is 1. The van der Waals surface area contributed by atoms with Crippen molar-refractivity contribution >= 4 is 33.0 Å². The Bertz CT molecular complexity index is 505. The van der Waals surface area contributed by atoms with Crippen LogP contribution >= 0.6 is 27.3 Å². The summed E-state index contributed by atoms with van der Waals surface area (Å²) in [5.74, 6) is 0.908. The fourth-order valence-electron chi connectivity index (χ4n) is 1.66. The molecule has 18 heavy (non-hydrogen) atoms. The molecule has 0 saturated heterocycles. The van der Waals surface area contributed by atoms with E-state index in [-0.39, 0.29) is 0 Å². The summed E-state index contributed by atoms with van der Waals surface area (Å²) in [5.41, 5.74) is 1.09.